The number of esters is 1. The van der Waals surface area contributed by atoms with Crippen molar-refractivity contribution in [1.82, 2.24) is 10.2 Å². The zero-order valence-electron chi connectivity index (χ0n) is 15.6. The van der Waals surface area contributed by atoms with E-state index in [9.17, 15) is 19.2 Å². The maximum Gasteiger partial charge on any atom is 0.326 e. The van der Waals surface area contributed by atoms with Gasteiger partial charge in [-0.05, 0) is 30.5 Å². The van der Waals surface area contributed by atoms with Crippen LogP contribution in [-0.4, -0.2) is 48.9 Å². The fourth-order valence-electron chi connectivity index (χ4n) is 3.34. The number of carbonyl (C=O) groups excluding carboxylic acids is 4. The summed E-state index contributed by atoms with van der Waals surface area (Å²) in [5, 5.41) is 2.63. The van der Waals surface area contributed by atoms with Gasteiger partial charge in [-0.1, -0.05) is 24.3 Å². The topological polar surface area (TPSA) is 102 Å². The van der Waals surface area contributed by atoms with Crippen LogP contribution in [0.1, 0.15) is 18.4 Å². The lowest BCUT2D eigenvalue weighted by atomic mass is 9.85. The molecule has 8 heteroatoms. The first kappa shape index (κ1) is 19.6. The fraction of sp³-hybridized carbons (Fsp3) is 0.400. The zero-order chi connectivity index (χ0) is 20.1. The van der Waals surface area contributed by atoms with Crippen molar-refractivity contribution in [3.8, 4) is 5.75 Å². The number of imide groups is 1. The second-order valence-electron chi connectivity index (χ2n) is 6.70. The molecule has 1 heterocycles. The summed E-state index contributed by atoms with van der Waals surface area (Å²) in [6, 6.07) is 7.17. The van der Waals surface area contributed by atoms with Gasteiger partial charge >= 0.3 is 5.97 Å². The van der Waals surface area contributed by atoms with Crippen LogP contribution in [0.5, 0.6) is 5.75 Å². The predicted octanol–water partition coefficient (Wildman–Crippen LogP) is 0.806. The number of hydrogen-bond donors (Lipinski definition) is 1. The smallest absolute Gasteiger partial charge is 0.326 e. The molecule has 0 unspecified atom stereocenters. The number of ether oxygens (including phenoxy) is 2. The second-order valence-corrected chi connectivity index (χ2v) is 6.70. The summed E-state index contributed by atoms with van der Waals surface area (Å²) in [7, 11) is 1.57. The lowest BCUT2D eigenvalue weighted by Crippen LogP contribution is -2.38. The molecule has 1 aliphatic carbocycles. The molecule has 2 aliphatic rings. The van der Waals surface area contributed by atoms with Crippen LogP contribution in [0.2, 0.25) is 0 Å². The van der Waals surface area contributed by atoms with Crippen molar-refractivity contribution in [2.24, 2.45) is 11.8 Å². The van der Waals surface area contributed by atoms with Crippen LogP contribution < -0.4 is 10.1 Å². The number of carbonyl (C=O) groups is 4. The van der Waals surface area contributed by atoms with E-state index in [1.807, 2.05) is 24.3 Å². The van der Waals surface area contributed by atoms with E-state index in [1.54, 1.807) is 19.2 Å². The summed E-state index contributed by atoms with van der Waals surface area (Å²) in [6.07, 6.45) is 4.77. The zero-order valence-corrected chi connectivity index (χ0v) is 15.6. The van der Waals surface area contributed by atoms with Crippen molar-refractivity contribution in [1.29, 1.82) is 0 Å². The number of rotatable bonds is 7. The Balaban J connectivity index is 1.42. The average molecular weight is 386 g/mol. The van der Waals surface area contributed by atoms with Gasteiger partial charge in [-0.25, -0.2) is 0 Å². The normalized spacial score (nSPS) is 20.7. The monoisotopic (exact) mass is 386 g/mol. The standard InChI is InChI=1S/C20H22N2O6/c1-27-14-8-6-13(7-9-14)10-21-17(23)12-28-18(24)11-22-19(25)15-4-2-3-5-16(15)20(22)26/h2-3,6-9,15-16H,4-5,10-12H2,1H3,(H,21,23)/t15-,16-/m1/s1. The molecule has 0 saturated carbocycles. The van der Waals surface area contributed by atoms with Crippen molar-refractivity contribution in [2.45, 2.75) is 19.4 Å². The van der Waals surface area contributed by atoms with Crippen LogP contribution in [0.25, 0.3) is 0 Å². The Morgan fingerprint density at radius 1 is 1.07 bits per heavy atom. The number of likely N-dealkylation sites (tertiary alicyclic amines) is 1. The molecule has 2 atom stereocenters. The quantitative estimate of drug-likeness (QED) is 0.423. The molecule has 1 aromatic rings. The average Bonchev–Trinajstić information content (AvgIpc) is 2.96. The van der Waals surface area contributed by atoms with Gasteiger partial charge in [0.1, 0.15) is 12.3 Å². The first-order valence-electron chi connectivity index (χ1n) is 9.05. The summed E-state index contributed by atoms with van der Waals surface area (Å²) in [4.78, 5) is 49.4. The van der Waals surface area contributed by atoms with Crippen LogP contribution in [-0.2, 0) is 30.5 Å². The third-order valence-corrected chi connectivity index (χ3v) is 4.90. The van der Waals surface area contributed by atoms with Crippen LogP contribution in [0.15, 0.2) is 36.4 Å². The van der Waals surface area contributed by atoms with Gasteiger partial charge in [0.25, 0.3) is 5.91 Å². The Morgan fingerprint density at radius 3 is 2.25 bits per heavy atom. The Labute approximate surface area is 162 Å². The fourth-order valence-corrected chi connectivity index (χ4v) is 3.34. The number of nitrogens with zero attached hydrogens (tertiary/aromatic N) is 1. The predicted molar refractivity (Wildman–Crippen MR) is 97.9 cm³/mol. The second kappa shape index (κ2) is 8.69. The molecule has 0 radical (unpaired) electrons. The minimum Gasteiger partial charge on any atom is -0.497 e. The van der Waals surface area contributed by atoms with Gasteiger partial charge in [-0.3, -0.25) is 24.1 Å². The van der Waals surface area contributed by atoms with E-state index in [2.05, 4.69) is 5.32 Å². The van der Waals surface area contributed by atoms with Gasteiger partial charge in [0, 0.05) is 6.54 Å². The van der Waals surface area contributed by atoms with Gasteiger partial charge in [-0.2, -0.15) is 0 Å². The number of hydrogen-bond acceptors (Lipinski definition) is 6. The van der Waals surface area contributed by atoms with Gasteiger partial charge in [-0.15, -0.1) is 0 Å². The first-order valence-corrected chi connectivity index (χ1v) is 9.05. The highest BCUT2D eigenvalue weighted by Gasteiger charge is 2.47. The van der Waals surface area contributed by atoms with Crippen LogP contribution in [0.3, 0.4) is 0 Å². The Hall–Kier alpha value is -3.16. The Bertz CT molecular complexity index is 775. The number of fused-ring (bicyclic) bond motifs is 1. The van der Waals surface area contributed by atoms with Crippen molar-refractivity contribution < 1.29 is 28.7 Å². The van der Waals surface area contributed by atoms with E-state index < -0.39 is 36.9 Å². The van der Waals surface area contributed by atoms with E-state index in [-0.39, 0.29) is 18.4 Å². The number of nitrogens with one attached hydrogen (secondary N) is 1. The minimum atomic E-state index is -0.784. The first-order chi connectivity index (χ1) is 13.5. The molecule has 3 rings (SSSR count). The number of amides is 3. The molecule has 0 spiro atoms. The molecule has 148 valence electrons. The maximum atomic E-state index is 12.3. The van der Waals surface area contributed by atoms with Crippen molar-refractivity contribution >= 4 is 23.7 Å². The third-order valence-electron chi connectivity index (χ3n) is 4.90. The number of benzene rings is 1. The van der Waals surface area contributed by atoms with Crippen molar-refractivity contribution in [3.05, 3.63) is 42.0 Å². The molecular weight excluding hydrogens is 364 g/mol. The maximum absolute atomic E-state index is 12.3. The number of allylic oxidation sites excluding steroid dienone is 2. The largest absolute Gasteiger partial charge is 0.497 e. The van der Waals surface area contributed by atoms with Crippen molar-refractivity contribution in [2.75, 3.05) is 20.3 Å². The Morgan fingerprint density at radius 2 is 1.68 bits per heavy atom. The molecule has 28 heavy (non-hydrogen) atoms. The lowest BCUT2D eigenvalue weighted by molar-refractivity contribution is -0.154. The molecule has 1 aromatic carbocycles. The molecule has 1 aliphatic heterocycles. The highest BCUT2D eigenvalue weighted by Crippen LogP contribution is 2.34. The van der Waals surface area contributed by atoms with Gasteiger partial charge in [0.05, 0.1) is 18.9 Å². The van der Waals surface area contributed by atoms with Crippen LogP contribution >= 0.6 is 0 Å². The molecule has 1 fully saturated rings. The van der Waals surface area contributed by atoms with Crippen molar-refractivity contribution in [3.63, 3.8) is 0 Å². The lowest BCUT2D eigenvalue weighted by Gasteiger charge is -2.14. The third kappa shape index (κ3) is 4.39. The van der Waals surface area contributed by atoms with Gasteiger partial charge < -0.3 is 14.8 Å². The molecule has 3 amide bonds. The molecule has 0 aromatic heterocycles. The highest BCUT2D eigenvalue weighted by atomic mass is 16.5. The molecule has 0 bridgehead atoms. The molecule has 8 nitrogen and oxygen atoms in total. The summed E-state index contributed by atoms with van der Waals surface area (Å²) in [6.45, 7) is -0.657. The van der Waals surface area contributed by atoms with Gasteiger partial charge in [0.15, 0.2) is 6.61 Å². The van der Waals surface area contributed by atoms with E-state index in [0.717, 1.165) is 10.5 Å². The summed E-state index contributed by atoms with van der Waals surface area (Å²) in [5.41, 5.74) is 0.866. The summed E-state index contributed by atoms with van der Waals surface area (Å²) < 4.78 is 9.97. The Kier molecular flexibility index (Phi) is 6.08. The SMILES string of the molecule is COc1ccc(CNC(=O)COC(=O)CN2C(=O)[C@@H]3CC=CC[C@H]3C2=O)cc1. The summed E-state index contributed by atoms with van der Waals surface area (Å²) in [5.74, 6) is -2.02. The van der Waals surface area contributed by atoms with Crippen LogP contribution in [0, 0.1) is 11.8 Å². The number of methoxy groups -OCH3 is 1. The van der Waals surface area contributed by atoms with E-state index in [4.69, 9.17) is 9.47 Å². The van der Waals surface area contributed by atoms with E-state index >= 15 is 0 Å². The molecule has 1 saturated heterocycles. The van der Waals surface area contributed by atoms with Crippen LogP contribution in [0.4, 0.5) is 0 Å². The molecule has 1 N–H and O–H groups in total. The van der Waals surface area contributed by atoms with Gasteiger partial charge in [0.2, 0.25) is 11.8 Å². The molecular formula is C20H22N2O6. The highest BCUT2D eigenvalue weighted by molar-refractivity contribution is 6.07. The minimum absolute atomic E-state index is 0.278. The summed E-state index contributed by atoms with van der Waals surface area (Å²) >= 11 is 0. The van der Waals surface area contributed by atoms with E-state index in [0.29, 0.717) is 18.6 Å². The van der Waals surface area contributed by atoms with E-state index in [1.165, 1.54) is 0 Å².